The van der Waals surface area contributed by atoms with Crippen LogP contribution < -0.4 is 5.32 Å². The molecule has 0 amide bonds. The smallest absolute Gasteiger partial charge is 0.151 e. The third kappa shape index (κ3) is 2.61. The van der Waals surface area contributed by atoms with E-state index < -0.39 is 11.6 Å². The van der Waals surface area contributed by atoms with Crippen molar-refractivity contribution in [1.29, 1.82) is 0 Å². The number of hydrogen-bond donors (Lipinski definition) is 1. The molecule has 17 heavy (non-hydrogen) atoms. The van der Waals surface area contributed by atoms with E-state index in [-0.39, 0.29) is 12.1 Å². The molecule has 2 rings (SSSR count). The molecule has 0 bridgehead atoms. The molecule has 0 saturated carbocycles. The molecule has 0 aliphatic carbocycles. The molecule has 0 aliphatic heterocycles. The van der Waals surface area contributed by atoms with Crippen molar-refractivity contribution in [2.45, 2.75) is 13.5 Å². The lowest BCUT2D eigenvalue weighted by Crippen LogP contribution is -2.04. The molecule has 2 aromatic rings. The summed E-state index contributed by atoms with van der Waals surface area (Å²) in [6, 6.07) is 3.41. The summed E-state index contributed by atoms with van der Waals surface area (Å²) in [6.07, 6.45) is 1.85. The number of anilines is 1. The van der Waals surface area contributed by atoms with Gasteiger partial charge in [-0.15, -0.1) is 0 Å². The molecular formula is C12H13F2N3. The van der Waals surface area contributed by atoms with Gasteiger partial charge in [0.15, 0.2) is 5.82 Å². The Kier molecular flexibility index (Phi) is 3.08. The van der Waals surface area contributed by atoms with Crippen LogP contribution in [0.4, 0.5) is 14.6 Å². The number of nitrogens with zero attached hydrogens (tertiary/aromatic N) is 2. The van der Waals surface area contributed by atoms with E-state index >= 15 is 0 Å². The van der Waals surface area contributed by atoms with Crippen molar-refractivity contribution in [3.8, 4) is 0 Å². The van der Waals surface area contributed by atoms with Gasteiger partial charge in [0, 0.05) is 30.9 Å². The van der Waals surface area contributed by atoms with Crippen molar-refractivity contribution >= 4 is 5.82 Å². The lowest BCUT2D eigenvalue weighted by Gasteiger charge is -2.05. The second kappa shape index (κ2) is 4.53. The van der Waals surface area contributed by atoms with E-state index in [1.54, 1.807) is 11.7 Å². The summed E-state index contributed by atoms with van der Waals surface area (Å²) >= 11 is 0. The van der Waals surface area contributed by atoms with Gasteiger partial charge >= 0.3 is 0 Å². The van der Waals surface area contributed by atoms with Crippen molar-refractivity contribution in [2.75, 3.05) is 5.32 Å². The molecule has 1 N–H and O–H groups in total. The Hall–Kier alpha value is -1.91. The second-order valence-electron chi connectivity index (χ2n) is 3.92. The molecule has 0 atom stereocenters. The number of rotatable bonds is 3. The van der Waals surface area contributed by atoms with Gasteiger partial charge in [-0.2, -0.15) is 5.10 Å². The van der Waals surface area contributed by atoms with E-state index in [0.29, 0.717) is 5.82 Å². The SMILES string of the molecule is Cc1cn(C)nc1NCc1cc(F)ccc1F. The predicted molar refractivity (Wildman–Crippen MR) is 61.6 cm³/mol. The first-order valence-corrected chi connectivity index (χ1v) is 5.24. The maximum Gasteiger partial charge on any atom is 0.151 e. The highest BCUT2D eigenvalue weighted by Crippen LogP contribution is 2.14. The Bertz CT molecular complexity index is 535. The van der Waals surface area contributed by atoms with Crippen molar-refractivity contribution in [1.82, 2.24) is 9.78 Å². The van der Waals surface area contributed by atoms with Crippen LogP contribution >= 0.6 is 0 Å². The van der Waals surface area contributed by atoms with E-state index in [1.807, 2.05) is 13.1 Å². The zero-order valence-electron chi connectivity index (χ0n) is 9.67. The van der Waals surface area contributed by atoms with Crippen molar-refractivity contribution in [2.24, 2.45) is 7.05 Å². The molecule has 0 radical (unpaired) electrons. The quantitative estimate of drug-likeness (QED) is 0.889. The van der Waals surface area contributed by atoms with Crippen LogP contribution in [0.15, 0.2) is 24.4 Å². The standard InChI is InChI=1S/C12H13F2N3/c1-8-7-17(2)16-12(8)15-6-9-5-10(13)3-4-11(9)14/h3-5,7H,6H2,1-2H3,(H,15,16). The number of aryl methyl sites for hydroxylation is 2. The zero-order valence-corrected chi connectivity index (χ0v) is 9.67. The average Bonchev–Trinajstić information content (AvgIpc) is 2.59. The van der Waals surface area contributed by atoms with E-state index in [2.05, 4.69) is 10.4 Å². The van der Waals surface area contributed by atoms with Crippen LogP contribution in [-0.4, -0.2) is 9.78 Å². The van der Waals surface area contributed by atoms with Crippen LogP contribution in [0.25, 0.3) is 0 Å². The average molecular weight is 237 g/mol. The summed E-state index contributed by atoms with van der Waals surface area (Å²) in [4.78, 5) is 0. The van der Waals surface area contributed by atoms with Crippen LogP contribution in [0.3, 0.4) is 0 Å². The lowest BCUT2D eigenvalue weighted by molar-refractivity contribution is 0.587. The van der Waals surface area contributed by atoms with Gasteiger partial charge in [0.25, 0.3) is 0 Å². The minimum absolute atomic E-state index is 0.210. The fraction of sp³-hybridized carbons (Fsp3) is 0.250. The molecule has 1 aromatic carbocycles. The maximum absolute atomic E-state index is 13.3. The first kappa shape index (κ1) is 11.6. The molecule has 0 unspecified atom stereocenters. The van der Waals surface area contributed by atoms with Crippen molar-refractivity contribution in [3.05, 3.63) is 47.2 Å². The highest BCUT2D eigenvalue weighted by molar-refractivity contribution is 5.42. The van der Waals surface area contributed by atoms with Crippen LogP contribution in [0, 0.1) is 18.6 Å². The Morgan fingerprint density at radius 3 is 2.76 bits per heavy atom. The van der Waals surface area contributed by atoms with Crippen LogP contribution in [-0.2, 0) is 13.6 Å². The molecule has 1 aromatic heterocycles. The topological polar surface area (TPSA) is 29.9 Å². The number of benzene rings is 1. The normalized spacial score (nSPS) is 10.6. The summed E-state index contributed by atoms with van der Waals surface area (Å²) < 4.78 is 28.0. The molecule has 5 heteroatoms. The second-order valence-corrected chi connectivity index (χ2v) is 3.92. The number of aromatic nitrogens is 2. The molecule has 0 saturated heterocycles. The summed E-state index contributed by atoms with van der Waals surface area (Å²) in [5.41, 5.74) is 1.25. The summed E-state index contributed by atoms with van der Waals surface area (Å²) in [7, 11) is 1.81. The summed E-state index contributed by atoms with van der Waals surface area (Å²) in [6.45, 7) is 2.11. The molecule has 0 spiro atoms. The molecule has 0 fully saturated rings. The monoisotopic (exact) mass is 237 g/mol. The summed E-state index contributed by atoms with van der Waals surface area (Å²) in [5, 5.41) is 7.15. The third-order valence-electron chi connectivity index (χ3n) is 2.47. The highest BCUT2D eigenvalue weighted by atomic mass is 19.1. The molecular weight excluding hydrogens is 224 g/mol. The Morgan fingerprint density at radius 1 is 1.35 bits per heavy atom. The Balaban J connectivity index is 2.12. The fourth-order valence-electron chi connectivity index (χ4n) is 1.64. The number of hydrogen-bond acceptors (Lipinski definition) is 2. The Labute approximate surface area is 98.1 Å². The summed E-state index contributed by atoms with van der Waals surface area (Å²) in [5.74, 6) is -0.190. The predicted octanol–water partition coefficient (Wildman–Crippen LogP) is 2.62. The Morgan fingerprint density at radius 2 is 2.12 bits per heavy atom. The van der Waals surface area contributed by atoms with Gasteiger partial charge in [-0.25, -0.2) is 8.78 Å². The lowest BCUT2D eigenvalue weighted by atomic mass is 10.2. The van der Waals surface area contributed by atoms with Crippen molar-refractivity contribution in [3.63, 3.8) is 0 Å². The third-order valence-corrected chi connectivity index (χ3v) is 2.47. The van der Waals surface area contributed by atoms with Crippen LogP contribution in [0.1, 0.15) is 11.1 Å². The minimum Gasteiger partial charge on any atom is -0.364 e. The zero-order chi connectivity index (χ0) is 12.4. The van der Waals surface area contributed by atoms with E-state index in [4.69, 9.17) is 0 Å². The first-order valence-electron chi connectivity index (χ1n) is 5.24. The van der Waals surface area contributed by atoms with Gasteiger partial charge in [-0.1, -0.05) is 0 Å². The van der Waals surface area contributed by atoms with E-state index in [9.17, 15) is 8.78 Å². The van der Waals surface area contributed by atoms with Gasteiger partial charge in [0.05, 0.1) is 0 Å². The van der Waals surface area contributed by atoms with Gasteiger partial charge in [-0.05, 0) is 25.1 Å². The molecule has 3 nitrogen and oxygen atoms in total. The number of halogens is 2. The maximum atomic E-state index is 13.3. The van der Waals surface area contributed by atoms with Crippen LogP contribution in [0.2, 0.25) is 0 Å². The first-order chi connectivity index (χ1) is 8.06. The number of nitrogens with one attached hydrogen (secondary N) is 1. The largest absolute Gasteiger partial charge is 0.364 e. The van der Waals surface area contributed by atoms with E-state index in [0.717, 1.165) is 17.7 Å². The highest BCUT2D eigenvalue weighted by Gasteiger charge is 2.06. The van der Waals surface area contributed by atoms with Crippen molar-refractivity contribution < 1.29 is 8.78 Å². The molecule has 0 aliphatic rings. The van der Waals surface area contributed by atoms with Gasteiger partial charge < -0.3 is 5.32 Å². The minimum atomic E-state index is -0.444. The molecule has 1 heterocycles. The van der Waals surface area contributed by atoms with Gasteiger partial charge in [0.1, 0.15) is 11.6 Å². The molecule has 90 valence electrons. The van der Waals surface area contributed by atoms with Gasteiger partial charge in [-0.3, -0.25) is 4.68 Å². The van der Waals surface area contributed by atoms with Crippen LogP contribution in [0.5, 0.6) is 0 Å². The van der Waals surface area contributed by atoms with Gasteiger partial charge in [0.2, 0.25) is 0 Å². The van der Waals surface area contributed by atoms with E-state index in [1.165, 1.54) is 6.07 Å². The fourth-order valence-corrected chi connectivity index (χ4v) is 1.64.